The van der Waals surface area contributed by atoms with E-state index in [2.05, 4.69) is 90.1 Å². The number of hydrogen-bond acceptors (Lipinski definition) is 3. The van der Waals surface area contributed by atoms with Gasteiger partial charge in [0.05, 0.1) is 12.2 Å². The summed E-state index contributed by atoms with van der Waals surface area (Å²) in [5, 5.41) is 3.01. The Kier molecular flexibility index (Phi) is 6.11. The highest BCUT2D eigenvalue weighted by molar-refractivity contribution is 14.1. The molecule has 1 saturated heterocycles. The molecule has 104 valence electrons. The van der Waals surface area contributed by atoms with Crippen LogP contribution in [0.3, 0.4) is 0 Å². The van der Waals surface area contributed by atoms with Gasteiger partial charge in [0.15, 0.2) is 0 Å². The van der Waals surface area contributed by atoms with Gasteiger partial charge < -0.3 is 11.1 Å². The maximum atomic E-state index is 12.1. The second-order valence-electron chi connectivity index (χ2n) is 4.58. The molecule has 0 spiro atoms. The van der Waals surface area contributed by atoms with Crippen molar-refractivity contribution in [3.8, 4) is 0 Å². The number of rotatable bonds is 3. The standard InChI is InChI=1S/C12H14I3N3O/c13-7-3-9(14)12(10(15)4-7)17-11(19)6-18-2-1-8(16)5-18/h3-4,8H,1-2,5-6,16H2,(H,17,19)/t8-/m0/s1. The fourth-order valence-electron chi connectivity index (χ4n) is 2.05. The number of carbonyl (C=O) groups is 1. The van der Waals surface area contributed by atoms with E-state index >= 15 is 0 Å². The van der Waals surface area contributed by atoms with Crippen LogP contribution in [0.5, 0.6) is 0 Å². The summed E-state index contributed by atoms with van der Waals surface area (Å²) >= 11 is 6.79. The Morgan fingerprint density at radius 3 is 2.53 bits per heavy atom. The van der Waals surface area contributed by atoms with Gasteiger partial charge in [-0.1, -0.05) is 0 Å². The van der Waals surface area contributed by atoms with Gasteiger partial charge in [0.1, 0.15) is 0 Å². The largest absolute Gasteiger partial charge is 0.326 e. The summed E-state index contributed by atoms with van der Waals surface area (Å²) in [6.45, 7) is 2.15. The first kappa shape index (κ1) is 16.2. The summed E-state index contributed by atoms with van der Waals surface area (Å²) in [7, 11) is 0. The van der Waals surface area contributed by atoms with Crippen LogP contribution in [0.2, 0.25) is 0 Å². The molecule has 1 aromatic carbocycles. The van der Waals surface area contributed by atoms with E-state index in [4.69, 9.17) is 5.73 Å². The molecule has 4 nitrogen and oxygen atoms in total. The summed E-state index contributed by atoms with van der Waals surface area (Å²) in [4.78, 5) is 14.2. The van der Waals surface area contributed by atoms with Crippen LogP contribution in [0.1, 0.15) is 6.42 Å². The lowest BCUT2D eigenvalue weighted by atomic mass is 10.3. The number of amides is 1. The van der Waals surface area contributed by atoms with E-state index in [1.54, 1.807) is 0 Å². The topological polar surface area (TPSA) is 58.4 Å². The van der Waals surface area contributed by atoms with Crippen LogP contribution in [-0.2, 0) is 4.79 Å². The van der Waals surface area contributed by atoms with Crippen LogP contribution in [-0.4, -0.2) is 36.5 Å². The van der Waals surface area contributed by atoms with Gasteiger partial charge in [0.2, 0.25) is 5.91 Å². The molecule has 1 aliphatic heterocycles. The van der Waals surface area contributed by atoms with Crippen LogP contribution < -0.4 is 11.1 Å². The van der Waals surface area contributed by atoms with Crippen molar-refractivity contribution in [3.63, 3.8) is 0 Å². The van der Waals surface area contributed by atoms with Crippen LogP contribution in [0.15, 0.2) is 12.1 Å². The summed E-state index contributed by atoms with van der Waals surface area (Å²) in [5.41, 5.74) is 6.75. The van der Waals surface area contributed by atoms with Gasteiger partial charge in [0, 0.05) is 29.8 Å². The minimum absolute atomic E-state index is 0.0335. The van der Waals surface area contributed by atoms with Crippen LogP contribution in [0, 0.1) is 10.7 Å². The number of nitrogens with two attached hydrogens (primary N) is 1. The number of benzene rings is 1. The van der Waals surface area contributed by atoms with Crippen LogP contribution in [0.25, 0.3) is 0 Å². The maximum absolute atomic E-state index is 12.1. The van der Waals surface area contributed by atoms with Crippen molar-refractivity contribution in [2.75, 3.05) is 25.0 Å². The monoisotopic (exact) mass is 597 g/mol. The Balaban J connectivity index is 1.99. The van der Waals surface area contributed by atoms with Crippen molar-refractivity contribution >= 4 is 79.4 Å². The van der Waals surface area contributed by atoms with Crippen molar-refractivity contribution in [3.05, 3.63) is 22.8 Å². The lowest BCUT2D eigenvalue weighted by Gasteiger charge is -2.16. The molecular weight excluding hydrogens is 583 g/mol. The van der Waals surface area contributed by atoms with E-state index in [1.807, 2.05) is 0 Å². The zero-order valence-electron chi connectivity index (χ0n) is 10.1. The number of anilines is 1. The first-order valence-electron chi connectivity index (χ1n) is 5.88. The molecule has 0 radical (unpaired) electrons. The molecule has 0 aromatic heterocycles. The normalized spacial score (nSPS) is 19.7. The highest BCUT2D eigenvalue weighted by Crippen LogP contribution is 2.27. The van der Waals surface area contributed by atoms with Gasteiger partial charge in [-0.3, -0.25) is 9.69 Å². The zero-order chi connectivity index (χ0) is 14.0. The molecule has 7 heteroatoms. The number of likely N-dealkylation sites (tertiary alicyclic amines) is 1. The van der Waals surface area contributed by atoms with Crippen LogP contribution >= 0.6 is 67.8 Å². The van der Waals surface area contributed by atoms with Gasteiger partial charge in [-0.25, -0.2) is 0 Å². The lowest BCUT2D eigenvalue weighted by Crippen LogP contribution is -2.34. The molecule has 0 aliphatic carbocycles. The summed E-state index contributed by atoms with van der Waals surface area (Å²) < 4.78 is 3.32. The predicted octanol–water partition coefficient (Wildman–Crippen LogP) is 2.47. The molecule has 0 unspecified atom stereocenters. The Morgan fingerprint density at radius 2 is 2.00 bits per heavy atom. The Labute approximate surface area is 153 Å². The molecule has 0 saturated carbocycles. The molecule has 1 amide bonds. The third-order valence-corrected chi connectivity index (χ3v) is 5.27. The quantitative estimate of drug-likeness (QED) is 0.528. The highest BCUT2D eigenvalue weighted by atomic mass is 127. The smallest absolute Gasteiger partial charge is 0.238 e. The number of hydrogen-bond donors (Lipinski definition) is 2. The zero-order valence-corrected chi connectivity index (χ0v) is 16.6. The lowest BCUT2D eigenvalue weighted by molar-refractivity contribution is -0.117. The van der Waals surface area contributed by atoms with Gasteiger partial charge in [0.25, 0.3) is 0 Å². The predicted molar refractivity (Wildman–Crippen MR) is 102 cm³/mol. The summed E-state index contributed by atoms with van der Waals surface area (Å²) in [5.74, 6) is 0.0335. The second kappa shape index (κ2) is 7.18. The van der Waals surface area contributed by atoms with E-state index in [9.17, 15) is 4.79 Å². The number of nitrogens with one attached hydrogen (secondary N) is 1. The van der Waals surface area contributed by atoms with Crippen LogP contribution in [0.4, 0.5) is 5.69 Å². The van der Waals surface area contributed by atoms with E-state index in [-0.39, 0.29) is 11.9 Å². The Hall–Kier alpha value is 0.800. The molecule has 19 heavy (non-hydrogen) atoms. The fraction of sp³-hybridized carbons (Fsp3) is 0.417. The van der Waals surface area contributed by atoms with Gasteiger partial charge in [-0.2, -0.15) is 0 Å². The van der Waals surface area contributed by atoms with Crippen molar-refractivity contribution < 1.29 is 4.79 Å². The molecular formula is C12H14I3N3O. The van der Waals surface area contributed by atoms with Crippen molar-refractivity contribution in [1.82, 2.24) is 4.90 Å². The molecule has 1 fully saturated rings. The molecule has 1 aliphatic rings. The first-order chi connectivity index (χ1) is 8.95. The van der Waals surface area contributed by atoms with Crippen molar-refractivity contribution in [2.24, 2.45) is 5.73 Å². The molecule has 1 heterocycles. The molecule has 1 aromatic rings. The van der Waals surface area contributed by atoms with Crippen molar-refractivity contribution in [2.45, 2.75) is 12.5 Å². The molecule has 0 bridgehead atoms. The number of carbonyl (C=O) groups excluding carboxylic acids is 1. The van der Waals surface area contributed by atoms with E-state index < -0.39 is 0 Å². The average Bonchev–Trinajstić information content (AvgIpc) is 2.69. The fourth-order valence-corrected chi connectivity index (χ4v) is 5.90. The van der Waals surface area contributed by atoms with Crippen molar-refractivity contribution in [1.29, 1.82) is 0 Å². The average molecular weight is 597 g/mol. The van der Waals surface area contributed by atoms with Gasteiger partial charge in [-0.05, 0) is 86.3 Å². The minimum Gasteiger partial charge on any atom is -0.326 e. The molecule has 2 rings (SSSR count). The highest BCUT2D eigenvalue weighted by Gasteiger charge is 2.21. The molecule has 3 N–H and O–H groups in total. The Morgan fingerprint density at radius 1 is 1.37 bits per heavy atom. The first-order valence-corrected chi connectivity index (χ1v) is 9.11. The maximum Gasteiger partial charge on any atom is 0.238 e. The summed E-state index contributed by atoms with van der Waals surface area (Å²) in [6, 6.07) is 4.33. The van der Waals surface area contributed by atoms with Gasteiger partial charge >= 0.3 is 0 Å². The third-order valence-electron chi connectivity index (χ3n) is 2.95. The third kappa shape index (κ3) is 4.64. The second-order valence-corrected chi connectivity index (χ2v) is 8.15. The Bertz CT molecular complexity index is 472. The number of halogens is 3. The van der Waals surface area contributed by atoms with E-state index in [0.29, 0.717) is 6.54 Å². The molecule has 1 atom stereocenters. The van der Waals surface area contributed by atoms with E-state index in [1.165, 1.54) is 3.57 Å². The van der Waals surface area contributed by atoms with Gasteiger partial charge in [-0.15, -0.1) is 0 Å². The van der Waals surface area contributed by atoms with E-state index in [0.717, 1.165) is 32.3 Å². The number of nitrogens with zero attached hydrogens (tertiary/aromatic N) is 1. The summed E-state index contributed by atoms with van der Waals surface area (Å²) in [6.07, 6.45) is 0.978. The minimum atomic E-state index is 0.0335. The SMILES string of the molecule is N[C@H]1CCN(CC(=O)Nc2c(I)cc(I)cc2I)C1.